The maximum atomic E-state index is 12.3. The minimum absolute atomic E-state index is 0.281. The van der Waals surface area contributed by atoms with E-state index in [1.165, 1.54) is 0 Å². The van der Waals surface area contributed by atoms with E-state index < -0.39 is 12.1 Å². The van der Waals surface area contributed by atoms with Crippen LogP contribution in [-0.2, 0) is 9.53 Å². The summed E-state index contributed by atoms with van der Waals surface area (Å²) in [5.74, 6) is -0.714. The van der Waals surface area contributed by atoms with E-state index in [1.807, 2.05) is 40.7 Å². The highest BCUT2D eigenvalue weighted by Gasteiger charge is 2.30. The largest absolute Gasteiger partial charge is 0.449 e. The number of carbonyl (C=O) groups is 2. The second-order valence-electron chi connectivity index (χ2n) is 7.17. The molecule has 2 rings (SSSR count). The van der Waals surface area contributed by atoms with Crippen molar-refractivity contribution in [3.63, 3.8) is 0 Å². The summed E-state index contributed by atoms with van der Waals surface area (Å²) in [5.41, 5.74) is 2.20. The van der Waals surface area contributed by atoms with Crippen molar-refractivity contribution in [3.8, 4) is 0 Å². The van der Waals surface area contributed by atoms with Gasteiger partial charge in [-0.2, -0.15) is 0 Å². The van der Waals surface area contributed by atoms with Gasteiger partial charge in [0.15, 0.2) is 6.10 Å². The molecule has 1 aromatic rings. The standard InChI is InChI=1S/C17H26N2O3/c1-10-9-14(11(2)19(10)13-7-8-13)16(21)22-12(3)15(20)18-17(4,5)6/h9,12-13H,7-8H2,1-6H3,(H,18,20)/t12-/m0/s1. The van der Waals surface area contributed by atoms with Crippen LogP contribution >= 0.6 is 0 Å². The smallest absolute Gasteiger partial charge is 0.340 e. The number of esters is 1. The molecular formula is C17H26N2O3. The van der Waals surface area contributed by atoms with Gasteiger partial charge in [-0.15, -0.1) is 0 Å². The highest BCUT2D eigenvalue weighted by molar-refractivity contribution is 5.93. The number of aromatic nitrogens is 1. The molecule has 0 saturated heterocycles. The molecule has 0 radical (unpaired) electrons. The van der Waals surface area contributed by atoms with Crippen molar-refractivity contribution < 1.29 is 14.3 Å². The van der Waals surface area contributed by atoms with E-state index in [9.17, 15) is 9.59 Å². The Hall–Kier alpha value is -1.78. The van der Waals surface area contributed by atoms with Crippen LogP contribution in [0.4, 0.5) is 0 Å². The molecule has 0 spiro atoms. The van der Waals surface area contributed by atoms with Gasteiger partial charge in [0.2, 0.25) is 0 Å². The normalized spacial score (nSPS) is 16.3. The zero-order chi connectivity index (χ0) is 16.7. The summed E-state index contributed by atoms with van der Waals surface area (Å²) in [6.45, 7) is 11.2. The lowest BCUT2D eigenvalue weighted by Crippen LogP contribution is -2.46. The van der Waals surface area contributed by atoms with Crippen LogP contribution in [0.25, 0.3) is 0 Å². The van der Waals surface area contributed by atoms with Gasteiger partial charge in [0.25, 0.3) is 5.91 Å². The summed E-state index contributed by atoms with van der Waals surface area (Å²) in [7, 11) is 0. The highest BCUT2D eigenvalue weighted by atomic mass is 16.5. The molecule has 1 atom stereocenters. The van der Waals surface area contributed by atoms with Crippen molar-refractivity contribution in [2.24, 2.45) is 0 Å². The molecule has 1 aliphatic carbocycles. The summed E-state index contributed by atoms with van der Waals surface area (Å²) in [4.78, 5) is 24.3. The number of amides is 1. The zero-order valence-electron chi connectivity index (χ0n) is 14.3. The fraction of sp³-hybridized carbons (Fsp3) is 0.647. The van der Waals surface area contributed by atoms with Gasteiger partial charge in [-0.25, -0.2) is 4.79 Å². The van der Waals surface area contributed by atoms with Crippen molar-refractivity contribution in [1.82, 2.24) is 9.88 Å². The maximum absolute atomic E-state index is 12.3. The van der Waals surface area contributed by atoms with Crippen molar-refractivity contribution in [2.75, 3.05) is 0 Å². The van der Waals surface area contributed by atoms with Crippen LogP contribution in [0.1, 0.15) is 68.3 Å². The molecule has 0 aliphatic heterocycles. The van der Waals surface area contributed by atoms with E-state index in [2.05, 4.69) is 9.88 Å². The van der Waals surface area contributed by atoms with Gasteiger partial charge in [-0.1, -0.05) is 0 Å². The summed E-state index contributed by atoms with van der Waals surface area (Å²) in [5, 5.41) is 2.81. The number of carbonyl (C=O) groups excluding carboxylic acids is 2. The Balaban J connectivity index is 2.06. The first-order valence-corrected chi connectivity index (χ1v) is 7.81. The fourth-order valence-electron chi connectivity index (χ4n) is 2.63. The van der Waals surface area contributed by atoms with Crippen LogP contribution in [0, 0.1) is 13.8 Å². The lowest BCUT2D eigenvalue weighted by Gasteiger charge is -2.23. The lowest BCUT2D eigenvalue weighted by atomic mass is 10.1. The Bertz CT molecular complexity index is 592. The third-order valence-corrected chi connectivity index (χ3v) is 3.77. The van der Waals surface area contributed by atoms with Gasteiger partial charge >= 0.3 is 5.97 Å². The third kappa shape index (κ3) is 3.70. The minimum atomic E-state index is -0.810. The maximum Gasteiger partial charge on any atom is 0.340 e. The van der Waals surface area contributed by atoms with E-state index in [-0.39, 0.29) is 11.4 Å². The van der Waals surface area contributed by atoms with Gasteiger partial charge in [0.05, 0.1) is 5.56 Å². The van der Waals surface area contributed by atoms with Crippen LogP contribution in [-0.4, -0.2) is 28.1 Å². The SMILES string of the molecule is Cc1cc(C(=O)O[C@@H](C)C(=O)NC(C)(C)C)c(C)n1C1CC1. The van der Waals surface area contributed by atoms with Gasteiger partial charge in [0.1, 0.15) is 0 Å². The first kappa shape index (κ1) is 16.6. The molecule has 22 heavy (non-hydrogen) atoms. The van der Waals surface area contributed by atoms with E-state index >= 15 is 0 Å². The number of nitrogens with zero attached hydrogens (tertiary/aromatic N) is 1. The fourth-order valence-corrected chi connectivity index (χ4v) is 2.63. The van der Waals surface area contributed by atoms with Gasteiger partial charge in [0, 0.05) is 23.0 Å². The molecule has 5 nitrogen and oxygen atoms in total. The molecule has 5 heteroatoms. The molecular weight excluding hydrogens is 280 g/mol. The van der Waals surface area contributed by atoms with Crippen LogP contribution in [0.15, 0.2) is 6.07 Å². The Kier molecular flexibility index (Phi) is 4.36. The average molecular weight is 306 g/mol. The molecule has 1 N–H and O–H groups in total. The molecule has 1 heterocycles. The Morgan fingerprint density at radius 3 is 2.41 bits per heavy atom. The molecule has 1 fully saturated rings. The van der Waals surface area contributed by atoms with E-state index in [0.717, 1.165) is 24.2 Å². The van der Waals surface area contributed by atoms with Gasteiger partial charge in [-0.05, 0) is 60.5 Å². The molecule has 0 unspecified atom stereocenters. The number of hydrogen-bond acceptors (Lipinski definition) is 3. The summed E-state index contributed by atoms with van der Waals surface area (Å²) in [6.07, 6.45) is 1.51. The summed E-state index contributed by atoms with van der Waals surface area (Å²) in [6, 6.07) is 2.37. The van der Waals surface area contributed by atoms with E-state index in [1.54, 1.807) is 6.92 Å². The summed E-state index contributed by atoms with van der Waals surface area (Å²) < 4.78 is 7.52. The topological polar surface area (TPSA) is 60.3 Å². The molecule has 0 aromatic carbocycles. The van der Waals surface area contributed by atoms with E-state index in [0.29, 0.717) is 11.6 Å². The van der Waals surface area contributed by atoms with Crippen molar-refractivity contribution in [2.45, 2.75) is 72.1 Å². The predicted molar refractivity (Wildman–Crippen MR) is 85.0 cm³/mol. The minimum Gasteiger partial charge on any atom is -0.449 e. The lowest BCUT2D eigenvalue weighted by molar-refractivity contribution is -0.130. The number of ether oxygens (including phenoxy) is 1. The third-order valence-electron chi connectivity index (χ3n) is 3.77. The van der Waals surface area contributed by atoms with Crippen LogP contribution in [0.5, 0.6) is 0 Å². The van der Waals surface area contributed by atoms with Gasteiger partial charge in [-0.3, -0.25) is 4.79 Å². The number of rotatable bonds is 4. The first-order valence-electron chi connectivity index (χ1n) is 7.81. The molecule has 0 bridgehead atoms. The second-order valence-corrected chi connectivity index (χ2v) is 7.17. The highest BCUT2D eigenvalue weighted by Crippen LogP contribution is 2.38. The summed E-state index contributed by atoms with van der Waals surface area (Å²) >= 11 is 0. The molecule has 1 aromatic heterocycles. The van der Waals surface area contributed by atoms with Gasteiger partial charge < -0.3 is 14.6 Å². The second kappa shape index (κ2) is 5.78. The Labute approximate surface area is 132 Å². The quantitative estimate of drug-likeness (QED) is 0.870. The molecule has 1 amide bonds. The van der Waals surface area contributed by atoms with Crippen molar-refractivity contribution in [1.29, 1.82) is 0 Å². The average Bonchev–Trinajstić information content (AvgIpc) is 3.13. The number of hydrogen-bond donors (Lipinski definition) is 1. The number of nitrogens with one attached hydrogen (secondary N) is 1. The van der Waals surface area contributed by atoms with Crippen LogP contribution < -0.4 is 5.32 Å². The number of aryl methyl sites for hydroxylation is 1. The van der Waals surface area contributed by atoms with E-state index in [4.69, 9.17) is 4.74 Å². The first-order chi connectivity index (χ1) is 10.1. The van der Waals surface area contributed by atoms with Crippen LogP contribution in [0.3, 0.4) is 0 Å². The Morgan fingerprint density at radius 2 is 1.91 bits per heavy atom. The molecule has 122 valence electrons. The predicted octanol–water partition coefficient (Wildman–Crippen LogP) is 2.90. The van der Waals surface area contributed by atoms with Crippen molar-refractivity contribution >= 4 is 11.9 Å². The monoisotopic (exact) mass is 306 g/mol. The molecule has 1 aliphatic rings. The van der Waals surface area contributed by atoms with Crippen molar-refractivity contribution in [3.05, 3.63) is 23.0 Å². The van der Waals surface area contributed by atoms with Crippen LogP contribution in [0.2, 0.25) is 0 Å². The zero-order valence-corrected chi connectivity index (χ0v) is 14.3. The molecule has 1 saturated carbocycles. The Morgan fingerprint density at radius 1 is 1.32 bits per heavy atom.